The molecule has 0 saturated heterocycles. The lowest BCUT2D eigenvalue weighted by atomic mass is 9.88. The molecule has 3 heteroatoms. The highest BCUT2D eigenvalue weighted by Gasteiger charge is 2.23. The van der Waals surface area contributed by atoms with Crippen molar-refractivity contribution in [2.24, 2.45) is 0 Å². The fourth-order valence-electron chi connectivity index (χ4n) is 2.78. The normalized spacial score (nSPS) is 18.1. The fraction of sp³-hybridized carbons (Fsp3) is 0.333. The van der Waals surface area contributed by atoms with Gasteiger partial charge in [0.15, 0.2) is 0 Å². The van der Waals surface area contributed by atoms with Crippen LogP contribution in [-0.2, 0) is 6.54 Å². The SMILES string of the molecule is Cc1ncc2n1CCCC2c1ccc(C#N)cc1. The molecule has 2 heterocycles. The van der Waals surface area contributed by atoms with Crippen LogP contribution in [0, 0.1) is 18.3 Å². The van der Waals surface area contributed by atoms with Crippen molar-refractivity contribution < 1.29 is 0 Å². The summed E-state index contributed by atoms with van der Waals surface area (Å²) in [6, 6.07) is 10.1. The Balaban J connectivity index is 2.00. The molecule has 3 rings (SSSR count). The topological polar surface area (TPSA) is 41.6 Å². The number of aromatic nitrogens is 2. The van der Waals surface area contributed by atoms with Crippen LogP contribution in [0.5, 0.6) is 0 Å². The molecule has 1 aromatic heterocycles. The van der Waals surface area contributed by atoms with Gasteiger partial charge >= 0.3 is 0 Å². The summed E-state index contributed by atoms with van der Waals surface area (Å²) in [6.45, 7) is 3.14. The molecule has 0 spiro atoms. The van der Waals surface area contributed by atoms with Crippen LogP contribution in [0.2, 0.25) is 0 Å². The first-order valence-corrected chi connectivity index (χ1v) is 6.31. The third kappa shape index (κ3) is 1.70. The summed E-state index contributed by atoms with van der Waals surface area (Å²) in [7, 11) is 0. The summed E-state index contributed by atoms with van der Waals surface area (Å²) in [5.74, 6) is 1.52. The van der Waals surface area contributed by atoms with E-state index in [9.17, 15) is 0 Å². The fourth-order valence-corrected chi connectivity index (χ4v) is 2.78. The van der Waals surface area contributed by atoms with E-state index < -0.39 is 0 Å². The van der Waals surface area contributed by atoms with Gasteiger partial charge in [-0.3, -0.25) is 0 Å². The third-order valence-corrected chi connectivity index (χ3v) is 3.76. The number of nitrogens with zero attached hydrogens (tertiary/aromatic N) is 3. The molecule has 3 nitrogen and oxygen atoms in total. The molecule has 1 unspecified atom stereocenters. The molecular formula is C15H15N3. The molecule has 90 valence electrons. The van der Waals surface area contributed by atoms with Gasteiger partial charge in [-0.15, -0.1) is 0 Å². The maximum atomic E-state index is 8.84. The molecule has 2 aromatic rings. The first-order valence-electron chi connectivity index (χ1n) is 6.31. The van der Waals surface area contributed by atoms with Gasteiger partial charge < -0.3 is 4.57 Å². The lowest BCUT2D eigenvalue weighted by Gasteiger charge is -2.25. The number of hydrogen-bond acceptors (Lipinski definition) is 2. The number of hydrogen-bond donors (Lipinski definition) is 0. The van der Waals surface area contributed by atoms with E-state index in [0.717, 1.165) is 24.4 Å². The maximum Gasteiger partial charge on any atom is 0.105 e. The number of aryl methyl sites for hydroxylation is 1. The van der Waals surface area contributed by atoms with Crippen molar-refractivity contribution in [1.29, 1.82) is 5.26 Å². The summed E-state index contributed by atoms with van der Waals surface area (Å²) < 4.78 is 2.31. The zero-order valence-electron chi connectivity index (χ0n) is 10.4. The first-order chi connectivity index (χ1) is 8.79. The lowest BCUT2D eigenvalue weighted by Crippen LogP contribution is -2.16. The zero-order valence-corrected chi connectivity index (χ0v) is 10.4. The number of benzene rings is 1. The average molecular weight is 237 g/mol. The number of fused-ring (bicyclic) bond motifs is 1. The second-order valence-corrected chi connectivity index (χ2v) is 4.81. The lowest BCUT2D eigenvalue weighted by molar-refractivity contribution is 0.483. The van der Waals surface area contributed by atoms with Crippen LogP contribution in [-0.4, -0.2) is 9.55 Å². The summed E-state index contributed by atoms with van der Waals surface area (Å²) in [6.07, 6.45) is 4.35. The monoisotopic (exact) mass is 237 g/mol. The van der Waals surface area contributed by atoms with E-state index in [1.165, 1.54) is 17.7 Å². The highest BCUT2D eigenvalue weighted by molar-refractivity contribution is 5.36. The number of nitriles is 1. The van der Waals surface area contributed by atoms with Crippen molar-refractivity contribution in [2.45, 2.75) is 32.2 Å². The van der Waals surface area contributed by atoms with Gasteiger partial charge in [-0.1, -0.05) is 12.1 Å². The minimum Gasteiger partial charge on any atom is -0.332 e. The van der Waals surface area contributed by atoms with E-state index in [1.807, 2.05) is 18.3 Å². The van der Waals surface area contributed by atoms with Crippen LogP contribution in [0.1, 0.15) is 41.4 Å². The summed E-state index contributed by atoms with van der Waals surface area (Å²) in [5, 5.41) is 8.84. The molecule has 1 atom stereocenters. The van der Waals surface area contributed by atoms with E-state index in [1.54, 1.807) is 0 Å². The molecule has 0 aliphatic carbocycles. The van der Waals surface area contributed by atoms with Gasteiger partial charge in [0.25, 0.3) is 0 Å². The van der Waals surface area contributed by atoms with Gasteiger partial charge in [0.1, 0.15) is 5.82 Å². The molecule has 0 fully saturated rings. The molecule has 0 saturated carbocycles. The number of rotatable bonds is 1. The van der Waals surface area contributed by atoms with Gasteiger partial charge in [0.05, 0.1) is 11.6 Å². The van der Waals surface area contributed by atoms with Gasteiger partial charge in [0, 0.05) is 24.4 Å². The minimum atomic E-state index is 0.424. The Labute approximate surface area is 107 Å². The molecule has 0 amide bonds. The van der Waals surface area contributed by atoms with Gasteiger partial charge in [-0.2, -0.15) is 5.26 Å². The Bertz CT molecular complexity index is 602. The van der Waals surface area contributed by atoms with E-state index >= 15 is 0 Å². The van der Waals surface area contributed by atoms with Crippen LogP contribution in [0.25, 0.3) is 0 Å². The van der Waals surface area contributed by atoms with Crippen LogP contribution >= 0.6 is 0 Å². The van der Waals surface area contributed by atoms with Gasteiger partial charge in [0.2, 0.25) is 0 Å². The molecule has 0 bridgehead atoms. The van der Waals surface area contributed by atoms with E-state index in [-0.39, 0.29) is 0 Å². The predicted molar refractivity (Wildman–Crippen MR) is 69.2 cm³/mol. The van der Waals surface area contributed by atoms with Crippen molar-refractivity contribution in [3.8, 4) is 6.07 Å². The molecule has 1 aliphatic rings. The largest absolute Gasteiger partial charge is 0.332 e. The highest BCUT2D eigenvalue weighted by atomic mass is 15.1. The van der Waals surface area contributed by atoms with E-state index in [4.69, 9.17) is 5.26 Å². The summed E-state index contributed by atoms with van der Waals surface area (Å²) in [5.41, 5.74) is 3.32. The zero-order chi connectivity index (χ0) is 12.5. The predicted octanol–water partition coefficient (Wildman–Crippen LogP) is 2.99. The quantitative estimate of drug-likeness (QED) is 0.765. The van der Waals surface area contributed by atoms with Crippen molar-refractivity contribution in [3.05, 3.63) is 53.1 Å². The second-order valence-electron chi connectivity index (χ2n) is 4.81. The van der Waals surface area contributed by atoms with Crippen LogP contribution < -0.4 is 0 Å². The van der Waals surface area contributed by atoms with Crippen molar-refractivity contribution in [3.63, 3.8) is 0 Å². The van der Waals surface area contributed by atoms with Crippen LogP contribution in [0.15, 0.2) is 30.5 Å². The molecule has 0 N–H and O–H groups in total. The van der Waals surface area contributed by atoms with Crippen LogP contribution in [0.4, 0.5) is 0 Å². The maximum absolute atomic E-state index is 8.84. The van der Waals surface area contributed by atoms with E-state index in [0.29, 0.717) is 5.92 Å². The Morgan fingerprint density at radius 3 is 2.83 bits per heavy atom. The van der Waals surface area contributed by atoms with Gasteiger partial charge in [-0.05, 0) is 37.5 Å². The second kappa shape index (κ2) is 4.30. The Kier molecular flexibility index (Phi) is 2.64. The van der Waals surface area contributed by atoms with Crippen molar-refractivity contribution in [1.82, 2.24) is 9.55 Å². The standard InChI is InChI=1S/C15H15N3/c1-11-17-10-15-14(3-2-8-18(11)15)13-6-4-12(9-16)5-7-13/h4-7,10,14H,2-3,8H2,1H3. The Morgan fingerprint density at radius 2 is 2.11 bits per heavy atom. The molecule has 0 radical (unpaired) electrons. The molecular weight excluding hydrogens is 222 g/mol. The Morgan fingerprint density at radius 1 is 1.33 bits per heavy atom. The minimum absolute atomic E-state index is 0.424. The smallest absolute Gasteiger partial charge is 0.105 e. The Hall–Kier alpha value is -2.08. The molecule has 1 aromatic carbocycles. The van der Waals surface area contributed by atoms with Crippen molar-refractivity contribution >= 4 is 0 Å². The summed E-state index contributed by atoms with van der Waals surface area (Å²) >= 11 is 0. The first kappa shape index (κ1) is 11.0. The third-order valence-electron chi connectivity index (χ3n) is 3.76. The van der Waals surface area contributed by atoms with Crippen LogP contribution in [0.3, 0.4) is 0 Å². The molecule has 18 heavy (non-hydrogen) atoms. The highest BCUT2D eigenvalue weighted by Crippen LogP contribution is 2.33. The average Bonchev–Trinajstić information content (AvgIpc) is 2.81. The molecule has 1 aliphatic heterocycles. The van der Waals surface area contributed by atoms with Gasteiger partial charge in [-0.25, -0.2) is 4.98 Å². The van der Waals surface area contributed by atoms with Crippen molar-refractivity contribution in [2.75, 3.05) is 0 Å². The number of imidazole rings is 1. The summed E-state index contributed by atoms with van der Waals surface area (Å²) in [4.78, 5) is 4.42. The van der Waals surface area contributed by atoms with E-state index in [2.05, 4.69) is 34.7 Å².